The molecule has 0 aliphatic carbocycles. The molecule has 1 heterocycles. The number of esters is 1. The van der Waals surface area contributed by atoms with E-state index < -0.39 is 5.97 Å². The number of hydrogen-bond acceptors (Lipinski definition) is 6. The first kappa shape index (κ1) is 23.8. The largest absolute Gasteiger partial charge is 0.493 e. The first-order valence-electron chi connectivity index (χ1n) is 11.1. The molecule has 2 amide bonds. The molecular formula is C28H25NO6. The number of amides is 2. The molecule has 0 N–H and O–H groups in total. The number of aryl methyl sites for hydroxylation is 1. The minimum absolute atomic E-state index is 0.00727. The fourth-order valence-electron chi connectivity index (χ4n) is 3.73. The van der Waals surface area contributed by atoms with Gasteiger partial charge >= 0.3 is 5.97 Å². The Kier molecular flexibility index (Phi) is 7.26. The van der Waals surface area contributed by atoms with E-state index in [1.54, 1.807) is 55.7 Å². The van der Waals surface area contributed by atoms with Crippen molar-refractivity contribution in [2.45, 2.75) is 13.5 Å². The summed E-state index contributed by atoms with van der Waals surface area (Å²) in [6.07, 6.45) is 2.88. The number of benzene rings is 3. The summed E-state index contributed by atoms with van der Waals surface area (Å²) < 4.78 is 16.5. The van der Waals surface area contributed by atoms with Crippen LogP contribution in [0.25, 0.3) is 6.08 Å². The van der Waals surface area contributed by atoms with Crippen LogP contribution in [0.15, 0.2) is 72.8 Å². The summed E-state index contributed by atoms with van der Waals surface area (Å²) in [6, 6.07) is 20.0. The van der Waals surface area contributed by atoms with Gasteiger partial charge in [-0.2, -0.15) is 0 Å². The fraction of sp³-hybridized carbons (Fsp3) is 0.179. The highest BCUT2D eigenvalue weighted by atomic mass is 16.5. The Hall–Kier alpha value is -4.39. The van der Waals surface area contributed by atoms with Gasteiger partial charge in [-0.05, 0) is 54.0 Å². The maximum Gasteiger partial charge on any atom is 0.330 e. The minimum atomic E-state index is -0.583. The Morgan fingerprint density at radius 3 is 2.29 bits per heavy atom. The van der Waals surface area contributed by atoms with Crippen molar-refractivity contribution in [3.63, 3.8) is 0 Å². The molecule has 4 rings (SSSR count). The molecule has 0 atom stereocenters. The van der Waals surface area contributed by atoms with Crippen LogP contribution in [0, 0.1) is 6.92 Å². The predicted octanol–water partition coefficient (Wildman–Crippen LogP) is 4.44. The van der Waals surface area contributed by atoms with Crippen LogP contribution < -0.4 is 9.47 Å². The summed E-state index contributed by atoms with van der Waals surface area (Å²) in [5.41, 5.74) is 3.69. The molecule has 0 saturated heterocycles. The number of carbonyl (C=O) groups is 3. The summed E-state index contributed by atoms with van der Waals surface area (Å²) >= 11 is 0. The van der Waals surface area contributed by atoms with Crippen molar-refractivity contribution in [1.29, 1.82) is 0 Å². The monoisotopic (exact) mass is 471 g/mol. The number of hydrogen-bond donors (Lipinski definition) is 0. The number of methoxy groups -OCH3 is 1. The molecule has 0 spiro atoms. The normalized spacial score (nSPS) is 12.7. The van der Waals surface area contributed by atoms with Crippen LogP contribution in [-0.4, -0.2) is 42.9 Å². The number of ether oxygens (including phenoxy) is 3. The molecule has 0 aromatic heterocycles. The molecule has 178 valence electrons. The van der Waals surface area contributed by atoms with Crippen molar-refractivity contribution in [1.82, 2.24) is 4.90 Å². The molecule has 3 aromatic rings. The molecule has 0 radical (unpaired) electrons. The zero-order valence-corrected chi connectivity index (χ0v) is 19.5. The fourth-order valence-corrected chi connectivity index (χ4v) is 3.73. The third-order valence-electron chi connectivity index (χ3n) is 5.68. The van der Waals surface area contributed by atoms with E-state index in [4.69, 9.17) is 14.2 Å². The van der Waals surface area contributed by atoms with Crippen LogP contribution in [0.2, 0.25) is 0 Å². The second-order valence-electron chi connectivity index (χ2n) is 7.93. The molecule has 0 fully saturated rings. The van der Waals surface area contributed by atoms with E-state index in [1.807, 2.05) is 31.2 Å². The standard InChI is InChI=1S/C28H25NO6/c1-19-7-3-4-8-21(19)18-35-24-13-11-20(17-25(24)33-2)12-14-26(30)34-16-15-29-27(31)22-9-5-6-10-23(22)28(29)32/h3-14,17H,15-16,18H2,1-2H3/b14-12+. The lowest BCUT2D eigenvalue weighted by molar-refractivity contribution is -0.137. The number of nitrogens with zero attached hydrogens (tertiary/aromatic N) is 1. The third kappa shape index (κ3) is 5.41. The Balaban J connectivity index is 1.30. The highest BCUT2D eigenvalue weighted by Crippen LogP contribution is 2.29. The number of carbonyl (C=O) groups excluding carboxylic acids is 3. The van der Waals surface area contributed by atoms with Crippen molar-refractivity contribution in [2.24, 2.45) is 0 Å². The van der Waals surface area contributed by atoms with Gasteiger partial charge in [0.05, 0.1) is 24.8 Å². The van der Waals surface area contributed by atoms with Crippen LogP contribution in [0.3, 0.4) is 0 Å². The van der Waals surface area contributed by atoms with Crippen molar-refractivity contribution >= 4 is 23.9 Å². The number of fused-ring (bicyclic) bond motifs is 1. The zero-order chi connectivity index (χ0) is 24.8. The van der Waals surface area contributed by atoms with Crippen LogP contribution in [0.4, 0.5) is 0 Å². The van der Waals surface area contributed by atoms with E-state index in [9.17, 15) is 14.4 Å². The van der Waals surface area contributed by atoms with E-state index in [2.05, 4.69) is 0 Å². The number of imide groups is 1. The molecule has 1 aliphatic rings. The average Bonchev–Trinajstić information content (AvgIpc) is 3.12. The van der Waals surface area contributed by atoms with Crippen molar-refractivity contribution in [2.75, 3.05) is 20.3 Å². The Morgan fingerprint density at radius 1 is 0.914 bits per heavy atom. The summed E-state index contributed by atoms with van der Waals surface area (Å²) in [7, 11) is 1.55. The molecule has 35 heavy (non-hydrogen) atoms. The maximum atomic E-state index is 12.4. The molecule has 0 unspecified atom stereocenters. The minimum Gasteiger partial charge on any atom is -0.493 e. The predicted molar refractivity (Wildman–Crippen MR) is 130 cm³/mol. The molecule has 3 aromatic carbocycles. The van der Waals surface area contributed by atoms with Gasteiger partial charge in [0, 0.05) is 6.08 Å². The molecule has 7 nitrogen and oxygen atoms in total. The molecular weight excluding hydrogens is 446 g/mol. The van der Waals surface area contributed by atoms with Gasteiger partial charge in [0.25, 0.3) is 11.8 Å². The first-order valence-corrected chi connectivity index (χ1v) is 11.1. The van der Waals surface area contributed by atoms with E-state index in [0.29, 0.717) is 29.2 Å². The van der Waals surface area contributed by atoms with Crippen molar-refractivity contribution in [3.05, 3.63) is 101 Å². The van der Waals surface area contributed by atoms with Gasteiger partial charge in [-0.15, -0.1) is 0 Å². The van der Waals surface area contributed by atoms with E-state index in [1.165, 1.54) is 6.08 Å². The second-order valence-corrected chi connectivity index (χ2v) is 7.93. The maximum absolute atomic E-state index is 12.4. The van der Waals surface area contributed by atoms with Crippen LogP contribution in [-0.2, 0) is 16.1 Å². The Labute approximate surface area is 203 Å². The highest BCUT2D eigenvalue weighted by Gasteiger charge is 2.34. The lowest BCUT2D eigenvalue weighted by Crippen LogP contribution is -2.33. The summed E-state index contributed by atoms with van der Waals surface area (Å²) in [4.78, 5) is 37.9. The van der Waals surface area contributed by atoms with E-state index >= 15 is 0 Å². The molecule has 7 heteroatoms. The van der Waals surface area contributed by atoms with Gasteiger partial charge in [-0.1, -0.05) is 42.5 Å². The second kappa shape index (κ2) is 10.7. The third-order valence-corrected chi connectivity index (χ3v) is 5.68. The van der Waals surface area contributed by atoms with E-state index in [-0.39, 0.29) is 25.0 Å². The zero-order valence-electron chi connectivity index (χ0n) is 19.5. The first-order chi connectivity index (χ1) is 17.0. The lowest BCUT2D eigenvalue weighted by atomic mass is 10.1. The smallest absolute Gasteiger partial charge is 0.330 e. The summed E-state index contributed by atoms with van der Waals surface area (Å²) in [5.74, 6) is -0.209. The molecule has 1 aliphatic heterocycles. The highest BCUT2D eigenvalue weighted by molar-refractivity contribution is 6.21. The quantitative estimate of drug-likeness (QED) is 0.261. The van der Waals surface area contributed by atoms with Crippen molar-refractivity contribution < 1.29 is 28.6 Å². The topological polar surface area (TPSA) is 82.1 Å². The Morgan fingerprint density at radius 2 is 1.60 bits per heavy atom. The van der Waals surface area contributed by atoms with Gasteiger partial charge in [-0.25, -0.2) is 4.79 Å². The Bertz CT molecular complexity index is 1260. The summed E-state index contributed by atoms with van der Waals surface area (Å²) in [5, 5.41) is 0. The average molecular weight is 472 g/mol. The van der Waals surface area contributed by atoms with Gasteiger partial charge < -0.3 is 14.2 Å². The number of rotatable bonds is 9. The molecule has 0 bridgehead atoms. The van der Waals surface area contributed by atoms with Crippen LogP contribution in [0.5, 0.6) is 11.5 Å². The SMILES string of the molecule is COc1cc(/C=C/C(=O)OCCN2C(=O)c3ccccc3C2=O)ccc1OCc1ccccc1C. The van der Waals surface area contributed by atoms with E-state index in [0.717, 1.165) is 21.6 Å². The van der Waals surface area contributed by atoms with Gasteiger partial charge in [0.1, 0.15) is 13.2 Å². The van der Waals surface area contributed by atoms with Crippen molar-refractivity contribution in [3.8, 4) is 11.5 Å². The summed E-state index contributed by atoms with van der Waals surface area (Å²) in [6.45, 7) is 2.34. The van der Waals surface area contributed by atoms with Gasteiger partial charge in [0.15, 0.2) is 11.5 Å². The van der Waals surface area contributed by atoms with Crippen LogP contribution in [0.1, 0.15) is 37.4 Å². The van der Waals surface area contributed by atoms with Crippen LogP contribution >= 0.6 is 0 Å². The van der Waals surface area contributed by atoms with Gasteiger partial charge in [-0.3, -0.25) is 14.5 Å². The lowest BCUT2D eigenvalue weighted by Gasteiger charge is -2.13. The van der Waals surface area contributed by atoms with Gasteiger partial charge in [0.2, 0.25) is 0 Å². The molecule has 0 saturated carbocycles.